The number of halogens is 1. The fourth-order valence-electron chi connectivity index (χ4n) is 2.74. The summed E-state index contributed by atoms with van der Waals surface area (Å²) in [6, 6.07) is 7.68. The predicted octanol–water partition coefficient (Wildman–Crippen LogP) is 4.05. The van der Waals surface area contributed by atoms with Gasteiger partial charge >= 0.3 is 6.09 Å². The van der Waals surface area contributed by atoms with Crippen molar-refractivity contribution in [2.45, 2.75) is 53.1 Å². The second-order valence-corrected chi connectivity index (χ2v) is 7.85. The fraction of sp³-hybridized carbons (Fsp3) is 0.429. The van der Waals surface area contributed by atoms with Gasteiger partial charge in [0.25, 0.3) is 0 Å². The summed E-state index contributed by atoms with van der Waals surface area (Å²) in [6.45, 7) is 9.23. The van der Waals surface area contributed by atoms with E-state index in [2.05, 4.69) is 10.4 Å². The number of aryl methyl sites for hydroxylation is 1. The molecule has 6 nitrogen and oxygen atoms in total. The molecular weight excluding hydrogens is 359 g/mol. The highest BCUT2D eigenvalue weighted by Crippen LogP contribution is 2.19. The van der Waals surface area contributed by atoms with Crippen molar-refractivity contribution in [3.8, 4) is 0 Å². The van der Waals surface area contributed by atoms with Crippen LogP contribution in [-0.4, -0.2) is 28.0 Å². The Hall–Kier alpha value is -2.83. The van der Waals surface area contributed by atoms with E-state index in [1.54, 1.807) is 4.68 Å². The molecular formula is C21H29FN4O2. The van der Waals surface area contributed by atoms with Crippen LogP contribution in [0.2, 0.25) is 0 Å². The summed E-state index contributed by atoms with van der Waals surface area (Å²) in [6.07, 6.45) is 1.38. The molecule has 0 saturated heterocycles. The number of benzene rings is 1. The number of hydrogen-bond donors (Lipinski definition) is 2. The number of anilines is 1. The van der Waals surface area contributed by atoms with Crippen LogP contribution in [0.15, 0.2) is 36.2 Å². The zero-order valence-corrected chi connectivity index (χ0v) is 17.2. The Labute approximate surface area is 165 Å². The maximum atomic E-state index is 14.2. The summed E-state index contributed by atoms with van der Waals surface area (Å²) >= 11 is 0. The molecule has 0 radical (unpaired) electrons. The molecule has 7 heteroatoms. The van der Waals surface area contributed by atoms with E-state index in [9.17, 15) is 9.18 Å². The van der Waals surface area contributed by atoms with Crippen molar-refractivity contribution in [1.29, 1.82) is 0 Å². The molecule has 0 fully saturated rings. The number of hydrogen-bond acceptors (Lipinski definition) is 4. The number of ether oxygens (including phenoxy) is 1. The number of nitrogens with two attached hydrogens (primary N) is 1. The first kappa shape index (κ1) is 21.5. The van der Waals surface area contributed by atoms with Crippen molar-refractivity contribution in [2.24, 2.45) is 0 Å². The smallest absolute Gasteiger partial charge is 0.407 e. The molecule has 28 heavy (non-hydrogen) atoms. The molecule has 0 spiro atoms. The van der Waals surface area contributed by atoms with Crippen molar-refractivity contribution in [1.82, 2.24) is 15.1 Å². The average Bonchev–Trinajstić information content (AvgIpc) is 2.82. The van der Waals surface area contributed by atoms with Gasteiger partial charge in [-0.15, -0.1) is 0 Å². The van der Waals surface area contributed by atoms with Crippen LogP contribution < -0.4 is 11.1 Å². The lowest BCUT2D eigenvalue weighted by molar-refractivity contribution is 0.148. The topological polar surface area (TPSA) is 82.2 Å². The van der Waals surface area contributed by atoms with E-state index in [-0.39, 0.29) is 13.2 Å². The highest BCUT2D eigenvalue weighted by atomic mass is 19.1. The molecule has 0 aliphatic carbocycles. The summed E-state index contributed by atoms with van der Waals surface area (Å²) in [7, 11) is 0. The molecule has 0 atom stereocenters. The van der Waals surface area contributed by atoms with Gasteiger partial charge in [0.2, 0.25) is 0 Å². The first-order valence-corrected chi connectivity index (χ1v) is 9.22. The lowest BCUT2D eigenvalue weighted by Crippen LogP contribution is -2.40. The van der Waals surface area contributed by atoms with Gasteiger partial charge in [-0.05, 0) is 58.4 Å². The van der Waals surface area contributed by atoms with Crippen molar-refractivity contribution >= 4 is 11.8 Å². The number of aromatic nitrogens is 2. The zero-order chi connectivity index (χ0) is 20.9. The van der Waals surface area contributed by atoms with E-state index >= 15 is 0 Å². The molecule has 3 N–H and O–H groups in total. The Bertz CT molecular complexity index is 849. The molecule has 0 saturated carbocycles. The number of nitrogen functional groups attached to an aromatic ring is 1. The van der Waals surface area contributed by atoms with Crippen LogP contribution in [0.1, 0.15) is 43.3 Å². The third-order valence-electron chi connectivity index (χ3n) is 4.19. The third kappa shape index (κ3) is 6.40. The largest absolute Gasteiger partial charge is 0.445 e. The van der Waals surface area contributed by atoms with Crippen molar-refractivity contribution in [3.63, 3.8) is 0 Å². The Kier molecular flexibility index (Phi) is 6.83. The Morgan fingerprint density at radius 2 is 1.93 bits per heavy atom. The molecule has 2 rings (SSSR count). The molecule has 0 unspecified atom stereocenters. The Balaban J connectivity index is 1.98. The van der Waals surface area contributed by atoms with Crippen LogP contribution in [0, 0.1) is 13.8 Å². The van der Waals surface area contributed by atoms with Gasteiger partial charge in [-0.1, -0.05) is 12.1 Å². The average molecular weight is 388 g/mol. The Morgan fingerprint density at radius 1 is 1.29 bits per heavy atom. The number of alkyl carbamates (subject to hydrolysis) is 1. The summed E-state index contributed by atoms with van der Waals surface area (Å²) < 4.78 is 20.8. The minimum absolute atomic E-state index is 0.00133. The quantitative estimate of drug-likeness (QED) is 0.732. The maximum absolute atomic E-state index is 14.2. The minimum atomic E-state index is -0.576. The van der Waals surface area contributed by atoms with Gasteiger partial charge < -0.3 is 15.8 Å². The molecule has 1 amide bonds. The zero-order valence-electron chi connectivity index (χ0n) is 17.2. The summed E-state index contributed by atoms with van der Waals surface area (Å²) in [5, 5.41) is 7.10. The van der Waals surface area contributed by atoms with Gasteiger partial charge in [0.05, 0.1) is 12.2 Å². The first-order chi connectivity index (χ1) is 13.0. The van der Waals surface area contributed by atoms with Crippen molar-refractivity contribution in [3.05, 3.63) is 58.7 Å². The molecule has 2 aromatic rings. The van der Waals surface area contributed by atoms with Gasteiger partial charge in [0, 0.05) is 28.9 Å². The standard InChI is InChI=1S/C21H29FN4O2/c1-14-19(12-16-6-8-18(23)9-7-16)15(2)26(25-14)13-17(22)10-11-28-20(27)24-21(3,4)5/h6-10H,11-13,23H2,1-5H3,(H,24,27)/b17-10-. The van der Waals surface area contributed by atoms with Crippen LogP contribution in [0.4, 0.5) is 14.9 Å². The van der Waals surface area contributed by atoms with E-state index in [0.717, 1.165) is 28.2 Å². The highest BCUT2D eigenvalue weighted by Gasteiger charge is 2.15. The number of amides is 1. The first-order valence-electron chi connectivity index (χ1n) is 9.22. The molecule has 0 aliphatic rings. The molecule has 0 bridgehead atoms. The lowest BCUT2D eigenvalue weighted by atomic mass is 10.0. The van der Waals surface area contributed by atoms with Gasteiger partial charge in [-0.2, -0.15) is 5.10 Å². The number of nitrogens with one attached hydrogen (secondary N) is 1. The summed E-state index contributed by atoms with van der Waals surface area (Å²) in [5.41, 5.74) is 10.0. The highest BCUT2D eigenvalue weighted by molar-refractivity contribution is 5.68. The monoisotopic (exact) mass is 388 g/mol. The predicted molar refractivity (Wildman–Crippen MR) is 109 cm³/mol. The Morgan fingerprint density at radius 3 is 2.54 bits per heavy atom. The van der Waals surface area contributed by atoms with E-state index in [0.29, 0.717) is 6.42 Å². The van der Waals surface area contributed by atoms with Gasteiger partial charge in [-0.25, -0.2) is 9.18 Å². The second kappa shape index (κ2) is 8.91. The van der Waals surface area contributed by atoms with Gasteiger partial charge in [0.15, 0.2) is 0 Å². The number of allylic oxidation sites excluding steroid dienone is 1. The second-order valence-electron chi connectivity index (χ2n) is 7.85. The van der Waals surface area contributed by atoms with Crippen LogP contribution in [0.25, 0.3) is 0 Å². The van der Waals surface area contributed by atoms with Crippen molar-refractivity contribution < 1.29 is 13.9 Å². The number of rotatable bonds is 6. The summed E-state index contributed by atoms with van der Waals surface area (Å²) in [4.78, 5) is 11.6. The SMILES string of the molecule is Cc1nn(C/C(F)=C/COC(=O)NC(C)(C)C)c(C)c1Cc1ccc(N)cc1. The van der Waals surface area contributed by atoms with Crippen LogP contribution in [-0.2, 0) is 17.7 Å². The van der Waals surface area contributed by atoms with Gasteiger partial charge in [0.1, 0.15) is 12.4 Å². The van der Waals surface area contributed by atoms with E-state index in [1.165, 1.54) is 6.08 Å². The molecule has 1 heterocycles. The molecule has 0 aliphatic heterocycles. The van der Waals surface area contributed by atoms with E-state index in [1.807, 2.05) is 58.9 Å². The normalized spacial score (nSPS) is 12.1. The van der Waals surface area contributed by atoms with Crippen molar-refractivity contribution in [2.75, 3.05) is 12.3 Å². The van der Waals surface area contributed by atoms with E-state index in [4.69, 9.17) is 10.5 Å². The van der Waals surface area contributed by atoms with Crippen LogP contribution in [0.3, 0.4) is 0 Å². The fourth-order valence-corrected chi connectivity index (χ4v) is 2.74. The van der Waals surface area contributed by atoms with E-state index < -0.39 is 17.5 Å². The van der Waals surface area contributed by atoms with Crippen LogP contribution >= 0.6 is 0 Å². The summed E-state index contributed by atoms with van der Waals surface area (Å²) in [5.74, 6) is -0.409. The number of carbonyl (C=O) groups is 1. The number of carbonyl (C=O) groups excluding carboxylic acids is 1. The lowest BCUT2D eigenvalue weighted by Gasteiger charge is -2.19. The molecule has 152 valence electrons. The molecule has 1 aromatic carbocycles. The van der Waals surface area contributed by atoms with Crippen LogP contribution in [0.5, 0.6) is 0 Å². The number of nitrogens with zero attached hydrogens (tertiary/aromatic N) is 2. The van der Waals surface area contributed by atoms with Gasteiger partial charge in [-0.3, -0.25) is 4.68 Å². The minimum Gasteiger partial charge on any atom is -0.445 e. The maximum Gasteiger partial charge on any atom is 0.407 e. The third-order valence-corrected chi connectivity index (χ3v) is 4.19. The molecule has 1 aromatic heterocycles.